The number of hydrogen-bond donors (Lipinski definition) is 1. The third kappa shape index (κ3) is 3.56. The average molecular weight is 330 g/mol. The van der Waals surface area contributed by atoms with Gasteiger partial charge in [-0.15, -0.1) is 5.10 Å². The third-order valence-electron chi connectivity index (χ3n) is 3.89. The monoisotopic (exact) mass is 330 g/mol. The number of tetrazole rings is 1. The van der Waals surface area contributed by atoms with E-state index in [1.54, 1.807) is 16.4 Å². The first-order valence-electron chi connectivity index (χ1n) is 7.64. The van der Waals surface area contributed by atoms with Crippen molar-refractivity contribution < 1.29 is 0 Å². The molecule has 1 aromatic carbocycles. The van der Waals surface area contributed by atoms with Crippen molar-refractivity contribution in [1.29, 1.82) is 0 Å². The Bertz CT molecular complexity index is 804. The highest BCUT2D eigenvalue weighted by atomic mass is 32.2. The van der Waals surface area contributed by atoms with Crippen LogP contribution in [0.3, 0.4) is 0 Å². The highest BCUT2D eigenvalue weighted by Crippen LogP contribution is 2.30. The number of nitrogens with one attached hydrogen (secondary N) is 1. The number of aryl methyl sites for hydroxylation is 2. The normalized spacial score (nSPS) is 11.7. The molecule has 0 bridgehead atoms. The summed E-state index contributed by atoms with van der Waals surface area (Å²) in [6.07, 6.45) is 1.01. The minimum Gasteiger partial charge on any atom is -0.358 e. The van der Waals surface area contributed by atoms with Gasteiger partial charge >= 0.3 is 0 Å². The van der Waals surface area contributed by atoms with Gasteiger partial charge in [-0.05, 0) is 49.1 Å². The van der Waals surface area contributed by atoms with Crippen molar-refractivity contribution >= 4 is 22.7 Å². The first kappa shape index (κ1) is 16.0. The average Bonchev–Trinajstić information content (AvgIpc) is 3.06. The molecule has 3 rings (SSSR count). The van der Waals surface area contributed by atoms with Crippen LogP contribution in [0.2, 0.25) is 0 Å². The van der Waals surface area contributed by atoms with Crippen LogP contribution in [-0.2, 0) is 19.2 Å². The first-order chi connectivity index (χ1) is 11.0. The summed E-state index contributed by atoms with van der Waals surface area (Å²) >= 11 is 1.67. The molecule has 2 heterocycles. The van der Waals surface area contributed by atoms with Crippen LogP contribution in [0.4, 0.5) is 0 Å². The molecule has 1 N–H and O–H groups in total. The van der Waals surface area contributed by atoms with Crippen molar-refractivity contribution in [2.45, 2.75) is 24.3 Å². The molecule has 0 aliphatic rings. The van der Waals surface area contributed by atoms with Crippen molar-refractivity contribution in [3.63, 3.8) is 0 Å². The summed E-state index contributed by atoms with van der Waals surface area (Å²) in [4.78, 5) is 5.80. The highest BCUT2D eigenvalue weighted by Gasteiger charge is 2.14. The van der Waals surface area contributed by atoms with Gasteiger partial charge in [-0.1, -0.05) is 23.4 Å². The van der Waals surface area contributed by atoms with Gasteiger partial charge in [0.25, 0.3) is 0 Å². The molecule has 23 heavy (non-hydrogen) atoms. The fourth-order valence-corrected chi connectivity index (χ4v) is 3.53. The summed E-state index contributed by atoms with van der Waals surface area (Å²) in [7, 11) is 6.08. The molecule has 0 aliphatic heterocycles. The number of H-pyrrole nitrogens is 1. The van der Waals surface area contributed by atoms with Crippen LogP contribution in [0, 0.1) is 6.92 Å². The summed E-state index contributed by atoms with van der Waals surface area (Å²) < 4.78 is 1.71. The van der Waals surface area contributed by atoms with Crippen LogP contribution in [0.1, 0.15) is 16.8 Å². The predicted octanol–water partition coefficient (Wildman–Crippen LogP) is 2.40. The zero-order valence-corrected chi connectivity index (χ0v) is 14.8. The molecule has 3 aromatic rings. The Morgan fingerprint density at radius 2 is 2.13 bits per heavy atom. The molecule has 0 saturated carbocycles. The maximum absolute atomic E-state index is 4.06. The molecule has 0 aliphatic carbocycles. The van der Waals surface area contributed by atoms with Crippen LogP contribution < -0.4 is 0 Å². The molecule has 2 aromatic heterocycles. The second-order valence-corrected chi connectivity index (χ2v) is 7.00. The Hall–Kier alpha value is -1.86. The molecule has 7 heteroatoms. The van der Waals surface area contributed by atoms with E-state index < -0.39 is 0 Å². The maximum atomic E-state index is 4.06. The van der Waals surface area contributed by atoms with Crippen molar-refractivity contribution in [3.05, 3.63) is 35.0 Å². The van der Waals surface area contributed by atoms with E-state index in [1.807, 2.05) is 7.05 Å². The molecule has 122 valence electrons. The summed E-state index contributed by atoms with van der Waals surface area (Å²) in [5, 5.41) is 13.8. The molecule has 0 radical (unpaired) electrons. The number of fused-ring (bicyclic) bond motifs is 1. The van der Waals surface area contributed by atoms with E-state index >= 15 is 0 Å². The van der Waals surface area contributed by atoms with E-state index in [1.165, 1.54) is 27.7 Å². The van der Waals surface area contributed by atoms with E-state index in [9.17, 15) is 0 Å². The molecule has 0 atom stereocenters. The molecule has 0 fully saturated rings. The van der Waals surface area contributed by atoms with Crippen LogP contribution >= 0.6 is 11.8 Å². The standard InChI is InChI=1S/C16H22N6S/c1-11-5-6-14-12(9-11)13(15(17-14)7-8-21(2)3)10-23-16-18-19-20-22(16)4/h5-6,9,17H,7-8,10H2,1-4H3. The first-order valence-corrected chi connectivity index (χ1v) is 8.63. The van der Waals surface area contributed by atoms with Crippen LogP contribution in [0.25, 0.3) is 10.9 Å². The predicted molar refractivity (Wildman–Crippen MR) is 93.7 cm³/mol. The van der Waals surface area contributed by atoms with Crippen molar-refractivity contribution in [2.75, 3.05) is 20.6 Å². The second-order valence-electron chi connectivity index (χ2n) is 6.06. The minimum atomic E-state index is 0.838. The van der Waals surface area contributed by atoms with Gasteiger partial charge in [0.15, 0.2) is 0 Å². The SMILES string of the molecule is Cc1ccc2[nH]c(CCN(C)C)c(CSc3nnnn3C)c2c1. The Kier molecular flexibility index (Phi) is 4.68. The van der Waals surface area contributed by atoms with Crippen LogP contribution in [-0.4, -0.2) is 50.7 Å². The Labute approximate surface area is 140 Å². The molecule has 0 saturated heterocycles. The van der Waals surface area contributed by atoms with Gasteiger partial charge in [0.05, 0.1) is 0 Å². The Balaban J connectivity index is 1.92. The summed E-state index contributed by atoms with van der Waals surface area (Å²) in [5.74, 6) is 0.862. The Morgan fingerprint density at radius 1 is 1.30 bits per heavy atom. The van der Waals surface area contributed by atoms with Gasteiger partial charge < -0.3 is 9.88 Å². The van der Waals surface area contributed by atoms with Gasteiger partial charge in [0.2, 0.25) is 5.16 Å². The number of rotatable bonds is 6. The zero-order valence-electron chi connectivity index (χ0n) is 14.0. The van der Waals surface area contributed by atoms with Gasteiger partial charge in [-0.3, -0.25) is 0 Å². The van der Waals surface area contributed by atoms with E-state index in [4.69, 9.17) is 0 Å². The highest BCUT2D eigenvalue weighted by molar-refractivity contribution is 7.98. The second kappa shape index (κ2) is 6.72. The summed E-state index contributed by atoms with van der Waals surface area (Å²) in [5.41, 5.74) is 5.15. The summed E-state index contributed by atoms with van der Waals surface area (Å²) in [6, 6.07) is 6.58. The number of likely N-dealkylation sites (N-methyl/N-ethyl adjacent to an activating group) is 1. The number of thioether (sulfide) groups is 1. The van der Waals surface area contributed by atoms with Gasteiger partial charge in [0, 0.05) is 42.4 Å². The van der Waals surface area contributed by atoms with Gasteiger partial charge in [-0.2, -0.15) is 0 Å². The molecule has 0 spiro atoms. The summed E-state index contributed by atoms with van der Waals surface area (Å²) in [6.45, 7) is 3.16. The molecule has 6 nitrogen and oxygen atoms in total. The number of aromatic amines is 1. The number of benzene rings is 1. The van der Waals surface area contributed by atoms with Gasteiger partial charge in [-0.25, -0.2) is 4.68 Å². The lowest BCUT2D eigenvalue weighted by atomic mass is 10.1. The third-order valence-corrected chi connectivity index (χ3v) is 4.92. The number of aromatic nitrogens is 5. The lowest BCUT2D eigenvalue weighted by Crippen LogP contribution is -2.15. The van der Waals surface area contributed by atoms with E-state index in [0.717, 1.165) is 23.9 Å². The van der Waals surface area contributed by atoms with E-state index in [2.05, 4.69) is 64.6 Å². The number of nitrogens with zero attached hydrogens (tertiary/aromatic N) is 5. The number of hydrogen-bond acceptors (Lipinski definition) is 5. The Morgan fingerprint density at radius 3 is 2.83 bits per heavy atom. The zero-order chi connectivity index (χ0) is 16.4. The molecular formula is C16H22N6S. The lowest BCUT2D eigenvalue weighted by molar-refractivity contribution is 0.412. The lowest BCUT2D eigenvalue weighted by Gasteiger charge is -2.10. The fraction of sp³-hybridized carbons (Fsp3) is 0.438. The van der Waals surface area contributed by atoms with E-state index in [0.29, 0.717) is 0 Å². The largest absolute Gasteiger partial charge is 0.358 e. The van der Waals surface area contributed by atoms with E-state index in [-0.39, 0.29) is 0 Å². The van der Waals surface area contributed by atoms with Crippen molar-refractivity contribution in [3.8, 4) is 0 Å². The topological polar surface area (TPSA) is 62.6 Å². The molecular weight excluding hydrogens is 308 g/mol. The van der Waals surface area contributed by atoms with Crippen molar-refractivity contribution in [1.82, 2.24) is 30.1 Å². The van der Waals surface area contributed by atoms with Crippen LogP contribution in [0.15, 0.2) is 23.4 Å². The fourth-order valence-electron chi connectivity index (χ4n) is 2.61. The van der Waals surface area contributed by atoms with Crippen LogP contribution in [0.5, 0.6) is 0 Å². The smallest absolute Gasteiger partial charge is 0.209 e. The maximum Gasteiger partial charge on any atom is 0.209 e. The van der Waals surface area contributed by atoms with Crippen molar-refractivity contribution in [2.24, 2.45) is 7.05 Å². The van der Waals surface area contributed by atoms with Gasteiger partial charge in [0.1, 0.15) is 0 Å². The minimum absolute atomic E-state index is 0.838. The molecule has 0 unspecified atom stereocenters. The molecule has 0 amide bonds. The quantitative estimate of drug-likeness (QED) is 0.703.